The summed E-state index contributed by atoms with van der Waals surface area (Å²) in [5, 5.41) is 33.8. The van der Waals surface area contributed by atoms with Crippen molar-refractivity contribution in [2.75, 3.05) is 25.4 Å². The summed E-state index contributed by atoms with van der Waals surface area (Å²) >= 11 is 0. The zero-order chi connectivity index (χ0) is 30.3. The van der Waals surface area contributed by atoms with Crippen molar-refractivity contribution in [1.82, 2.24) is 19.4 Å². The van der Waals surface area contributed by atoms with Gasteiger partial charge in [-0.15, -0.1) is 0 Å². The highest BCUT2D eigenvalue weighted by atomic mass is 16.4. The molecular weight excluding hydrogens is 508 g/mol. The van der Waals surface area contributed by atoms with Crippen molar-refractivity contribution >= 4 is 45.7 Å². The molecule has 39 heavy (non-hydrogen) atoms. The molecule has 0 bridgehead atoms. The first-order valence-electron chi connectivity index (χ1n) is 12.3. The molecule has 3 rings (SSSR count). The van der Waals surface area contributed by atoms with Gasteiger partial charge in [0.25, 0.3) is 17.9 Å². The van der Waals surface area contributed by atoms with Gasteiger partial charge in [-0.1, -0.05) is 25.1 Å². The first-order valence-corrected chi connectivity index (χ1v) is 12.3. The van der Waals surface area contributed by atoms with Crippen LogP contribution in [0.2, 0.25) is 0 Å². The van der Waals surface area contributed by atoms with Gasteiger partial charge in [0, 0.05) is 26.2 Å². The van der Waals surface area contributed by atoms with Crippen LogP contribution in [0.5, 0.6) is 0 Å². The molecule has 0 spiro atoms. The monoisotopic (exact) mass is 550 g/mol. The lowest BCUT2D eigenvalue weighted by molar-refractivity contribution is -0.135. The number of carboxylic acids is 3. The first-order chi connectivity index (χ1) is 18.0. The zero-order valence-corrected chi connectivity index (χ0v) is 23.5. The van der Waals surface area contributed by atoms with E-state index in [2.05, 4.69) is 21.4 Å². The third kappa shape index (κ3) is 14.1. The minimum absolute atomic E-state index is 0.421. The van der Waals surface area contributed by atoms with Crippen LogP contribution in [0.25, 0.3) is 21.9 Å². The van der Waals surface area contributed by atoms with Gasteiger partial charge < -0.3 is 36.5 Å². The van der Waals surface area contributed by atoms with Gasteiger partial charge in [-0.25, -0.2) is 9.97 Å². The van der Waals surface area contributed by atoms with Crippen molar-refractivity contribution in [3.05, 3.63) is 30.1 Å². The SMILES string of the molecule is CC(=O)O.CC(=O)O.CC(=O)O.CCN(CCCN)Cc1nc2c(N)nc3ccccc3c2n1CC(C)(C)O. The fourth-order valence-electron chi connectivity index (χ4n) is 3.45. The molecule has 0 radical (unpaired) electrons. The van der Waals surface area contributed by atoms with E-state index in [0.717, 1.165) is 62.5 Å². The highest BCUT2D eigenvalue weighted by molar-refractivity contribution is 6.06. The van der Waals surface area contributed by atoms with Crippen molar-refractivity contribution in [2.24, 2.45) is 5.73 Å². The largest absolute Gasteiger partial charge is 0.481 e. The molecule has 218 valence electrons. The highest BCUT2D eigenvalue weighted by Crippen LogP contribution is 2.30. The minimum atomic E-state index is -0.879. The maximum Gasteiger partial charge on any atom is 0.300 e. The molecule has 0 fully saturated rings. The Bertz CT molecular complexity index is 1180. The number of benzene rings is 1. The average molecular weight is 551 g/mol. The van der Waals surface area contributed by atoms with E-state index in [0.29, 0.717) is 31.0 Å². The van der Waals surface area contributed by atoms with Crippen LogP contribution in [0.15, 0.2) is 24.3 Å². The van der Waals surface area contributed by atoms with Gasteiger partial charge in [-0.3, -0.25) is 19.3 Å². The van der Waals surface area contributed by atoms with E-state index >= 15 is 0 Å². The molecular formula is C26H42N6O7. The Morgan fingerprint density at radius 2 is 1.51 bits per heavy atom. The molecule has 1 aromatic carbocycles. The summed E-state index contributed by atoms with van der Waals surface area (Å²) in [6.07, 6.45) is 0.937. The molecule has 0 aliphatic rings. The van der Waals surface area contributed by atoms with Gasteiger partial charge in [0.1, 0.15) is 11.3 Å². The predicted octanol–water partition coefficient (Wildman–Crippen LogP) is 2.38. The lowest BCUT2D eigenvalue weighted by Gasteiger charge is -2.24. The van der Waals surface area contributed by atoms with E-state index < -0.39 is 23.5 Å². The minimum Gasteiger partial charge on any atom is -0.481 e. The lowest BCUT2D eigenvalue weighted by Crippen LogP contribution is -2.30. The van der Waals surface area contributed by atoms with Crippen molar-refractivity contribution < 1.29 is 34.8 Å². The fraction of sp³-hybridized carbons (Fsp3) is 0.500. The number of pyridine rings is 1. The number of carbonyl (C=O) groups is 3. The predicted molar refractivity (Wildman–Crippen MR) is 150 cm³/mol. The molecule has 0 atom stereocenters. The number of nitrogens with zero attached hydrogens (tertiary/aromatic N) is 4. The van der Waals surface area contributed by atoms with E-state index in [-0.39, 0.29) is 0 Å². The smallest absolute Gasteiger partial charge is 0.300 e. The standard InChI is InChI=1S/C20H30N6O.3C2H4O2/c1-4-25(11-7-10-21)12-16-24-17-18(26(16)13-20(2,3)27)14-8-5-6-9-15(14)23-19(17)22;3*1-2(3)4/h5-6,8-9,27H,4,7,10-13,21H2,1-3H3,(H2,22,23);3*1H3,(H,3,4). The van der Waals surface area contributed by atoms with Gasteiger partial charge in [-0.2, -0.15) is 0 Å². The van der Waals surface area contributed by atoms with Crippen molar-refractivity contribution in [1.29, 1.82) is 0 Å². The fourth-order valence-corrected chi connectivity index (χ4v) is 3.45. The third-order valence-electron chi connectivity index (χ3n) is 4.73. The molecule has 3 aromatic rings. The molecule has 2 aromatic heterocycles. The number of anilines is 1. The maximum atomic E-state index is 10.5. The maximum absolute atomic E-state index is 10.5. The van der Waals surface area contributed by atoms with E-state index in [9.17, 15) is 5.11 Å². The van der Waals surface area contributed by atoms with Gasteiger partial charge in [0.15, 0.2) is 5.82 Å². The van der Waals surface area contributed by atoms with Crippen LogP contribution in [-0.4, -0.2) is 83.0 Å². The molecule has 0 unspecified atom stereocenters. The number of hydrogen-bond acceptors (Lipinski definition) is 9. The molecule has 0 aliphatic carbocycles. The summed E-state index contributed by atoms with van der Waals surface area (Å²) in [4.78, 5) is 38.7. The Morgan fingerprint density at radius 3 is 1.97 bits per heavy atom. The van der Waals surface area contributed by atoms with Gasteiger partial charge in [-0.05, 0) is 46.0 Å². The molecule has 8 N–H and O–H groups in total. The number of aliphatic carboxylic acids is 3. The quantitative estimate of drug-likeness (QED) is 0.238. The Labute approximate surface area is 228 Å². The third-order valence-corrected chi connectivity index (χ3v) is 4.73. The second-order valence-electron chi connectivity index (χ2n) is 9.21. The van der Waals surface area contributed by atoms with Crippen LogP contribution >= 0.6 is 0 Å². The average Bonchev–Trinajstić information content (AvgIpc) is 3.12. The number of fused-ring (bicyclic) bond motifs is 3. The summed E-state index contributed by atoms with van der Waals surface area (Å²) in [6.45, 7) is 12.6. The molecule has 2 heterocycles. The molecule has 0 saturated carbocycles. The second-order valence-corrected chi connectivity index (χ2v) is 9.21. The Morgan fingerprint density at radius 1 is 1.00 bits per heavy atom. The lowest BCUT2D eigenvalue weighted by atomic mass is 10.1. The highest BCUT2D eigenvalue weighted by Gasteiger charge is 2.23. The van der Waals surface area contributed by atoms with E-state index in [1.165, 1.54) is 0 Å². The van der Waals surface area contributed by atoms with E-state index in [1.807, 2.05) is 24.3 Å². The Kier molecular flexibility index (Phi) is 15.3. The number of nitrogen functional groups attached to an aromatic ring is 1. The second kappa shape index (κ2) is 16.9. The summed E-state index contributed by atoms with van der Waals surface area (Å²) < 4.78 is 2.10. The van der Waals surface area contributed by atoms with Crippen molar-refractivity contribution in [2.45, 2.75) is 66.7 Å². The number of rotatable bonds is 8. The van der Waals surface area contributed by atoms with Crippen molar-refractivity contribution in [3.8, 4) is 0 Å². The summed E-state index contributed by atoms with van der Waals surface area (Å²) in [5.41, 5.74) is 13.5. The van der Waals surface area contributed by atoms with Crippen LogP contribution < -0.4 is 11.5 Å². The summed E-state index contributed by atoms with van der Waals surface area (Å²) in [6, 6.07) is 7.92. The zero-order valence-electron chi connectivity index (χ0n) is 23.5. The number of aliphatic hydroxyl groups is 1. The van der Waals surface area contributed by atoms with Gasteiger partial charge in [0.2, 0.25) is 0 Å². The number of hydrogen-bond donors (Lipinski definition) is 6. The van der Waals surface area contributed by atoms with Gasteiger partial charge >= 0.3 is 0 Å². The number of para-hydroxylation sites is 1. The molecule has 0 amide bonds. The molecule has 0 aliphatic heterocycles. The molecule has 13 nitrogen and oxygen atoms in total. The van der Waals surface area contributed by atoms with Crippen LogP contribution in [0.4, 0.5) is 5.82 Å². The van der Waals surface area contributed by atoms with Crippen LogP contribution in [0.3, 0.4) is 0 Å². The first kappa shape index (κ1) is 35.2. The van der Waals surface area contributed by atoms with E-state index in [4.69, 9.17) is 46.2 Å². The topological polar surface area (TPSA) is 218 Å². The normalized spacial score (nSPS) is 10.6. The molecule has 13 heteroatoms. The number of carboxylic acid groups (broad SMARTS) is 3. The summed E-state index contributed by atoms with van der Waals surface area (Å²) in [7, 11) is 0. The molecule has 0 saturated heterocycles. The number of imidazole rings is 1. The van der Waals surface area contributed by atoms with Crippen molar-refractivity contribution in [3.63, 3.8) is 0 Å². The number of nitrogens with two attached hydrogens (primary N) is 2. The Balaban J connectivity index is 0.00000102. The van der Waals surface area contributed by atoms with Crippen LogP contribution in [0, 0.1) is 0 Å². The Hall–Kier alpha value is -3.81. The number of aromatic nitrogens is 3. The summed E-state index contributed by atoms with van der Waals surface area (Å²) in [5.74, 6) is -1.19. The van der Waals surface area contributed by atoms with Gasteiger partial charge in [0.05, 0.1) is 29.7 Å². The van der Waals surface area contributed by atoms with Crippen LogP contribution in [-0.2, 0) is 27.5 Å². The van der Waals surface area contributed by atoms with E-state index in [1.54, 1.807) is 13.8 Å². The van der Waals surface area contributed by atoms with Crippen LogP contribution in [0.1, 0.15) is 53.8 Å².